The van der Waals surface area contributed by atoms with Crippen molar-refractivity contribution in [1.82, 2.24) is 15.1 Å². The standard InChI is InChI=1S/C15H20N4O3/c1-19(9-12-4-3-7-21-12)14-6-5-11(8-16-14)15-17-13(10-20-2)18-22-15/h5-6,8,12H,3-4,7,9-10H2,1-2H3/t12-/m1/s1. The lowest BCUT2D eigenvalue weighted by atomic mass is 10.2. The van der Waals surface area contributed by atoms with E-state index >= 15 is 0 Å². The highest BCUT2D eigenvalue weighted by atomic mass is 16.5. The second-order valence-corrected chi connectivity index (χ2v) is 5.37. The van der Waals surface area contributed by atoms with Crippen LogP contribution >= 0.6 is 0 Å². The van der Waals surface area contributed by atoms with E-state index in [4.69, 9.17) is 14.0 Å². The fourth-order valence-corrected chi connectivity index (χ4v) is 2.48. The fraction of sp³-hybridized carbons (Fsp3) is 0.533. The molecular weight excluding hydrogens is 284 g/mol. The van der Waals surface area contributed by atoms with Gasteiger partial charge in [0, 0.05) is 33.5 Å². The van der Waals surface area contributed by atoms with Crippen molar-refractivity contribution in [3.05, 3.63) is 24.2 Å². The van der Waals surface area contributed by atoms with Crippen LogP contribution in [0.5, 0.6) is 0 Å². The monoisotopic (exact) mass is 304 g/mol. The first-order chi connectivity index (χ1) is 10.8. The molecule has 0 aromatic carbocycles. The topological polar surface area (TPSA) is 73.5 Å². The Hall–Kier alpha value is -1.99. The van der Waals surface area contributed by atoms with Gasteiger partial charge in [0.15, 0.2) is 5.82 Å². The van der Waals surface area contributed by atoms with Crippen molar-refractivity contribution in [2.24, 2.45) is 0 Å². The third kappa shape index (κ3) is 3.42. The second kappa shape index (κ2) is 6.85. The summed E-state index contributed by atoms with van der Waals surface area (Å²) in [5.41, 5.74) is 0.795. The lowest BCUT2D eigenvalue weighted by Crippen LogP contribution is -2.29. The SMILES string of the molecule is COCc1noc(-c2ccc(N(C)C[C@H]3CCCO3)nc2)n1. The molecule has 0 radical (unpaired) electrons. The van der Waals surface area contributed by atoms with Gasteiger partial charge < -0.3 is 18.9 Å². The average molecular weight is 304 g/mol. The predicted molar refractivity (Wildman–Crippen MR) is 80.5 cm³/mol. The maximum Gasteiger partial charge on any atom is 0.259 e. The van der Waals surface area contributed by atoms with Gasteiger partial charge in [0.25, 0.3) is 5.89 Å². The van der Waals surface area contributed by atoms with Crippen LogP contribution in [0.2, 0.25) is 0 Å². The van der Waals surface area contributed by atoms with Crippen LogP contribution in [0, 0.1) is 0 Å². The molecule has 1 atom stereocenters. The highest BCUT2D eigenvalue weighted by Crippen LogP contribution is 2.20. The van der Waals surface area contributed by atoms with E-state index in [2.05, 4.69) is 20.0 Å². The molecular formula is C15H20N4O3. The number of aromatic nitrogens is 3. The minimum absolute atomic E-state index is 0.305. The molecule has 0 spiro atoms. The number of methoxy groups -OCH3 is 1. The summed E-state index contributed by atoms with van der Waals surface area (Å²) >= 11 is 0. The molecule has 118 valence electrons. The van der Waals surface area contributed by atoms with Crippen LogP contribution in [-0.2, 0) is 16.1 Å². The van der Waals surface area contributed by atoms with Crippen molar-refractivity contribution in [2.45, 2.75) is 25.6 Å². The van der Waals surface area contributed by atoms with Gasteiger partial charge >= 0.3 is 0 Å². The first-order valence-electron chi connectivity index (χ1n) is 7.37. The number of hydrogen-bond donors (Lipinski definition) is 0. The first-order valence-corrected chi connectivity index (χ1v) is 7.37. The predicted octanol–water partition coefficient (Wildman–Crippen LogP) is 1.89. The third-order valence-corrected chi connectivity index (χ3v) is 3.63. The molecule has 1 saturated heterocycles. The Labute approximate surface area is 129 Å². The highest BCUT2D eigenvalue weighted by Gasteiger charge is 2.18. The van der Waals surface area contributed by atoms with E-state index in [9.17, 15) is 0 Å². The summed E-state index contributed by atoms with van der Waals surface area (Å²) in [6.45, 7) is 2.05. The van der Waals surface area contributed by atoms with Gasteiger partial charge in [-0.15, -0.1) is 0 Å². The lowest BCUT2D eigenvalue weighted by molar-refractivity contribution is 0.116. The van der Waals surface area contributed by atoms with E-state index in [0.717, 1.165) is 37.4 Å². The van der Waals surface area contributed by atoms with Gasteiger partial charge in [-0.1, -0.05) is 5.16 Å². The summed E-state index contributed by atoms with van der Waals surface area (Å²) in [5.74, 6) is 1.88. The van der Waals surface area contributed by atoms with E-state index in [1.807, 2.05) is 19.2 Å². The fourth-order valence-electron chi connectivity index (χ4n) is 2.48. The van der Waals surface area contributed by atoms with E-state index in [1.54, 1.807) is 13.3 Å². The molecule has 22 heavy (non-hydrogen) atoms. The molecule has 3 rings (SSSR count). The molecule has 7 nitrogen and oxygen atoms in total. The van der Waals surface area contributed by atoms with Gasteiger partial charge in [0.2, 0.25) is 0 Å². The Morgan fingerprint density at radius 3 is 3.00 bits per heavy atom. The number of rotatable bonds is 6. The van der Waals surface area contributed by atoms with Crippen LogP contribution in [0.15, 0.2) is 22.9 Å². The number of anilines is 1. The molecule has 2 aromatic heterocycles. The Kier molecular flexibility index (Phi) is 4.65. The summed E-state index contributed by atoms with van der Waals surface area (Å²) in [7, 11) is 3.61. The van der Waals surface area contributed by atoms with Crippen molar-refractivity contribution in [2.75, 3.05) is 32.2 Å². The first kappa shape index (κ1) is 14.9. The largest absolute Gasteiger partial charge is 0.377 e. The zero-order valence-corrected chi connectivity index (χ0v) is 12.9. The van der Waals surface area contributed by atoms with E-state index in [1.165, 1.54) is 0 Å². The smallest absolute Gasteiger partial charge is 0.259 e. The van der Waals surface area contributed by atoms with E-state index in [0.29, 0.717) is 24.4 Å². The number of likely N-dealkylation sites (N-methyl/N-ethyl adjacent to an activating group) is 1. The van der Waals surface area contributed by atoms with Crippen LogP contribution in [0.4, 0.5) is 5.82 Å². The molecule has 0 amide bonds. The van der Waals surface area contributed by atoms with Crippen molar-refractivity contribution in [3.63, 3.8) is 0 Å². The molecule has 0 aliphatic carbocycles. The second-order valence-electron chi connectivity index (χ2n) is 5.37. The van der Waals surface area contributed by atoms with Crippen LogP contribution in [0.25, 0.3) is 11.5 Å². The number of nitrogens with zero attached hydrogens (tertiary/aromatic N) is 4. The maximum atomic E-state index is 5.65. The van der Waals surface area contributed by atoms with Crippen LogP contribution in [0.3, 0.4) is 0 Å². The van der Waals surface area contributed by atoms with E-state index < -0.39 is 0 Å². The van der Waals surface area contributed by atoms with E-state index in [-0.39, 0.29) is 0 Å². The summed E-state index contributed by atoms with van der Waals surface area (Å²) < 4.78 is 15.8. The lowest BCUT2D eigenvalue weighted by Gasteiger charge is -2.21. The Morgan fingerprint density at radius 2 is 2.32 bits per heavy atom. The molecule has 0 bridgehead atoms. The van der Waals surface area contributed by atoms with Gasteiger partial charge in [-0.25, -0.2) is 4.98 Å². The molecule has 1 aliphatic rings. The molecule has 3 heterocycles. The van der Waals surface area contributed by atoms with Crippen molar-refractivity contribution < 1.29 is 14.0 Å². The number of ether oxygens (including phenoxy) is 2. The van der Waals surface area contributed by atoms with Gasteiger partial charge in [-0.2, -0.15) is 4.98 Å². The maximum absolute atomic E-state index is 5.65. The van der Waals surface area contributed by atoms with Gasteiger partial charge in [0.1, 0.15) is 12.4 Å². The van der Waals surface area contributed by atoms with Crippen LogP contribution in [-0.4, -0.2) is 48.5 Å². The van der Waals surface area contributed by atoms with Crippen molar-refractivity contribution in [3.8, 4) is 11.5 Å². The summed E-state index contributed by atoms with van der Waals surface area (Å²) in [6.07, 6.45) is 4.31. The minimum atomic E-state index is 0.305. The average Bonchev–Trinajstić information content (AvgIpc) is 3.20. The third-order valence-electron chi connectivity index (χ3n) is 3.63. The summed E-state index contributed by atoms with van der Waals surface area (Å²) in [6, 6.07) is 3.88. The normalized spacial score (nSPS) is 17.8. The zero-order valence-electron chi connectivity index (χ0n) is 12.9. The molecule has 7 heteroatoms. The quantitative estimate of drug-likeness (QED) is 0.806. The van der Waals surface area contributed by atoms with Gasteiger partial charge in [0.05, 0.1) is 11.7 Å². The van der Waals surface area contributed by atoms with Crippen LogP contribution in [0.1, 0.15) is 18.7 Å². The Morgan fingerprint density at radius 1 is 1.41 bits per heavy atom. The molecule has 1 aliphatic heterocycles. The van der Waals surface area contributed by atoms with Gasteiger partial charge in [-0.3, -0.25) is 0 Å². The van der Waals surface area contributed by atoms with Crippen molar-refractivity contribution in [1.29, 1.82) is 0 Å². The molecule has 0 N–H and O–H groups in total. The Balaban J connectivity index is 1.65. The van der Waals surface area contributed by atoms with Crippen LogP contribution < -0.4 is 4.90 Å². The minimum Gasteiger partial charge on any atom is -0.377 e. The molecule has 0 saturated carbocycles. The highest BCUT2D eigenvalue weighted by molar-refractivity contribution is 5.54. The zero-order chi connectivity index (χ0) is 15.4. The molecule has 0 unspecified atom stereocenters. The molecule has 2 aromatic rings. The molecule has 1 fully saturated rings. The summed E-state index contributed by atoms with van der Waals surface area (Å²) in [4.78, 5) is 10.8. The number of hydrogen-bond acceptors (Lipinski definition) is 7. The Bertz CT molecular complexity index is 593. The summed E-state index contributed by atoms with van der Waals surface area (Å²) in [5, 5.41) is 3.84. The van der Waals surface area contributed by atoms with Gasteiger partial charge in [-0.05, 0) is 25.0 Å². The number of pyridine rings is 1. The van der Waals surface area contributed by atoms with Crippen molar-refractivity contribution >= 4 is 5.82 Å².